The van der Waals surface area contributed by atoms with Crippen molar-refractivity contribution in [3.05, 3.63) is 85.1 Å². The molecule has 9 heteroatoms. The smallest absolute Gasteiger partial charge is 0.457 e. The first-order chi connectivity index (χ1) is 29.1. The third-order valence-corrected chi connectivity index (χ3v) is 10.7. The highest BCUT2D eigenvalue weighted by molar-refractivity contribution is 7.47. The number of hydrogen-bond acceptors (Lipinski definition) is 6. The van der Waals surface area contributed by atoms with Gasteiger partial charge >= 0.3 is 13.8 Å². The average Bonchev–Trinajstić information content (AvgIpc) is 3.20. The van der Waals surface area contributed by atoms with Crippen molar-refractivity contribution in [3.8, 4) is 0 Å². The number of esters is 1. The summed E-state index contributed by atoms with van der Waals surface area (Å²) in [5, 5.41) is 0. The van der Waals surface area contributed by atoms with E-state index in [0.717, 1.165) is 96.3 Å². The zero-order valence-electron chi connectivity index (χ0n) is 39.2. The summed E-state index contributed by atoms with van der Waals surface area (Å²) < 4.78 is 35.0. The maximum absolute atomic E-state index is 12.7. The summed E-state index contributed by atoms with van der Waals surface area (Å²) in [4.78, 5) is 22.9. The standard InChI is InChI=1S/C51H90NO7P/c1-6-8-10-12-14-16-18-20-22-23-24-25-26-27-28-29-30-31-33-35-37-39-41-43-46-56-48-50(49-58-60(54,55)57-47-45-52(3,4)5)59-51(53)44-42-40-38-36-34-32-21-19-17-15-13-11-9-7-2/h8,10,13-16,19-22,24-25,27-28,50H,6-7,9,11-12,17-18,23,26,29-49H2,1-5H3/p+1/b10-8-,15-13-,16-14-,21-19-,22-20-,25-24-,28-27-. The molecule has 0 fully saturated rings. The molecule has 0 aliphatic rings. The lowest BCUT2D eigenvalue weighted by Crippen LogP contribution is -2.37. The highest BCUT2D eigenvalue weighted by atomic mass is 31.2. The van der Waals surface area contributed by atoms with Gasteiger partial charge < -0.3 is 18.9 Å². The Hall–Kier alpha value is -2.32. The lowest BCUT2D eigenvalue weighted by molar-refractivity contribution is -0.870. The third-order valence-electron chi connectivity index (χ3n) is 9.69. The van der Waals surface area contributed by atoms with Gasteiger partial charge in [0.05, 0.1) is 34.4 Å². The van der Waals surface area contributed by atoms with Crippen LogP contribution >= 0.6 is 7.82 Å². The molecular formula is C51H91NO7P+. The number of quaternary nitrogens is 1. The highest BCUT2D eigenvalue weighted by Crippen LogP contribution is 2.43. The molecule has 0 aromatic rings. The Bertz CT molecular complexity index is 1230. The summed E-state index contributed by atoms with van der Waals surface area (Å²) in [5.74, 6) is -0.335. The zero-order valence-corrected chi connectivity index (χ0v) is 40.1. The fourth-order valence-corrected chi connectivity index (χ4v) is 6.75. The van der Waals surface area contributed by atoms with Crippen molar-refractivity contribution in [2.45, 2.75) is 180 Å². The Kier molecular flexibility index (Phi) is 41.7. The molecule has 0 saturated carbocycles. The van der Waals surface area contributed by atoms with E-state index in [1.54, 1.807) is 0 Å². The van der Waals surface area contributed by atoms with Crippen molar-refractivity contribution in [1.29, 1.82) is 0 Å². The molecule has 1 N–H and O–H groups in total. The van der Waals surface area contributed by atoms with Gasteiger partial charge in [-0.25, -0.2) is 4.57 Å². The largest absolute Gasteiger partial charge is 0.472 e. The molecular weight excluding hydrogens is 770 g/mol. The molecule has 0 aliphatic carbocycles. The Labute approximate surface area is 369 Å². The number of phosphoric ester groups is 1. The summed E-state index contributed by atoms with van der Waals surface area (Å²) in [6.45, 7) is 5.41. The van der Waals surface area contributed by atoms with Crippen LogP contribution in [0.3, 0.4) is 0 Å². The van der Waals surface area contributed by atoms with Crippen LogP contribution in [0.4, 0.5) is 0 Å². The van der Waals surface area contributed by atoms with Gasteiger partial charge in [0.2, 0.25) is 0 Å². The molecule has 2 unspecified atom stereocenters. The van der Waals surface area contributed by atoms with E-state index < -0.39 is 13.9 Å². The van der Waals surface area contributed by atoms with Crippen molar-refractivity contribution in [1.82, 2.24) is 0 Å². The van der Waals surface area contributed by atoms with Crippen LogP contribution in [0.15, 0.2) is 85.1 Å². The minimum atomic E-state index is -4.29. The number of allylic oxidation sites excluding steroid dienone is 14. The van der Waals surface area contributed by atoms with Crippen LogP contribution < -0.4 is 0 Å². The summed E-state index contributed by atoms with van der Waals surface area (Å²) in [6.07, 6.45) is 57.6. The number of nitrogens with zero attached hydrogens (tertiary/aromatic N) is 1. The van der Waals surface area contributed by atoms with Crippen LogP contribution in [0.5, 0.6) is 0 Å². The van der Waals surface area contributed by atoms with Crippen LogP contribution in [0.25, 0.3) is 0 Å². The number of phosphoric acid groups is 1. The zero-order chi connectivity index (χ0) is 44.1. The van der Waals surface area contributed by atoms with Gasteiger partial charge in [0, 0.05) is 13.0 Å². The van der Waals surface area contributed by atoms with Gasteiger partial charge in [-0.1, -0.05) is 170 Å². The third kappa shape index (κ3) is 46.7. The van der Waals surface area contributed by atoms with E-state index in [4.69, 9.17) is 18.5 Å². The molecule has 0 saturated heterocycles. The summed E-state index contributed by atoms with van der Waals surface area (Å²) in [6, 6.07) is 0. The number of likely N-dealkylation sites (N-methyl/N-ethyl adjacent to an activating group) is 1. The summed E-state index contributed by atoms with van der Waals surface area (Å²) in [5.41, 5.74) is 0. The molecule has 0 rings (SSSR count). The minimum absolute atomic E-state index is 0.0795. The van der Waals surface area contributed by atoms with Crippen molar-refractivity contribution < 1.29 is 37.3 Å². The maximum atomic E-state index is 12.7. The number of ether oxygens (including phenoxy) is 2. The fraction of sp³-hybridized carbons (Fsp3) is 0.706. The number of unbranched alkanes of at least 4 members (excludes halogenated alkanes) is 15. The molecule has 8 nitrogen and oxygen atoms in total. The van der Waals surface area contributed by atoms with E-state index in [9.17, 15) is 14.3 Å². The molecule has 0 amide bonds. The van der Waals surface area contributed by atoms with Gasteiger partial charge in [-0.3, -0.25) is 13.8 Å². The van der Waals surface area contributed by atoms with Gasteiger partial charge in [-0.15, -0.1) is 0 Å². The first-order valence-corrected chi connectivity index (χ1v) is 25.3. The molecule has 0 aliphatic heterocycles. The number of carbonyl (C=O) groups is 1. The maximum Gasteiger partial charge on any atom is 0.472 e. The van der Waals surface area contributed by atoms with Gasteiger partial charge in [0.1, 0.15) is 19.3 Å². The average molecular weight is 861 g/mol. The predicted molar refractivity (Wildman–Crippen MR) is 256 cm³/mol. The minimum Gasteiger partial charge on any atom is -0.457 e. The number of rotatable bonds is 43. The van der Waals surface area contributed by atoms with Crippen molar-refractivity contribution in [2.75, 3.05) is 54.1 Å². The molecule has 60 heavy (non-hydrogen) atoms. The van der Waals surface area contributed by atoms with Crippen LogP contribution in [0.1, 0.15) is 174 Å². The SMILES string of the molecule is CC/C=C\C/C=C\C/C=C\C/C=C\C/C=C\CCCCCCCCCCOCC(COP(=O)(O)OCC[N+](C)(C)C)OC(=O)CCCCCCC/C=C\C/C=C\CCCC. The second kappa shape index (κ2) is 43.3. The lowest BCUT2D eigenvalue weighted by atomic mass is 10.1. The van der Waals surface area contributed by atoms with Crippen LogP contribution in [-0.2, 0) is 27.9 Å². The summed E-state index contributed by atoms with van der Waals surface area (Å²) >= 11 is 0. The van der Waals surface area contributed by atoms with Gasteiger partial charge in [-0.2, -0.15) is 0 Å². The van der Waals surface area contributed by atoms with Gasteiger partial charge in [-0.05, 0) is 83.5 Å². The van der Waals surface area contributed by atoms with E-state index in [-0.39, 0.29) is 25.8 Å². The predicted octanol–water partition coefficient (Wildman–Crippen LogP) is 14.4. The first kappa shape index (κ1) is 57.7. The van der Waals surface area contributed by atoms with E-state index in [0.29, 0.717) is 24.1 Å². The van der Waals surface area contributed by atoms with Gasteiger partial charge in [0.15, 0.2) is 0 Å². The first-order valence-electron chi connectivity index (χ1n) is 23.8. The Morgan fingerprint density at radius 3 is 1.45 bits per heavy atom. The van der Waals surface area contributed by atoms with Crippen molar-refractivity contribution >= 4 is 13.8 Å². The molecule has 0 radical (unpaired) electrons. The van der Waals surface area contributed by atoms with E-state index in [2.05, 4.69) is 98.9 Å². The topological polar surface area (TPSA) is 91.3 Å². The van der Waals surface area contributed by atoms with E-state index in [1.165, 1.54) is 57.8 Å². The molecule has 0 heterocycles. The van der Waals surface area contributed by atoms with Crippen LogP contribution in [0.2, 0.25) is 0 Å². The van der Waals surface area contributed by atoms with Crippen molar-refractivity contribution in [3.63, 3.8) is 0 Å². The Morgan fingerprint density at radius 1 is 0.533 bits per heavy atom. The Balaban J connectivity index is 4.20. The second-order valence-corrected chi connectivity index (χ2v) is 18.2. The molecule has 2 atom stereocenters. The highest BCUT2D eigenvalue weighted by Gasteiger charge is 2.26. The molecule has 0 aromatic heterocycles. The lowest BCUT2D eigenvalue weighted by Gasteiger charge is -2.24. The monoisotopic (exact) mass is 861 g/mol. The van der Waals surface area contributed by atoms with Crippen LogP contribution in [0, 0.1) is 0 Å². The molecule has 0 spiro atoms. The molecule has 346 valence electrons. The van der Waals surface area contributed by atoms with E-state index >= 15 is 0 Å². The number of carbonyl (C=O) groups excluding carboxylic acids is 1. The molecule has 0 aromatic carbocycles. The van der Waals surface area contributed by atoms with Gasteiger partial charge in [0.25, 0.3) is 0 Å². The molecule has 0 bridgehead atoms. The normalized spacial score (nSPS) is 14.4. The summed E-state index contributed by atoms with van der Waals surface area (Å²) in [7, 11) is 1.64. The van der Waals surface area contributed by atoms with E-state index in [1.807, 2.05) is 21.1 Å². The quantitative estimate of drug-likeness (QED) is 0.0215. The second-order valence-electron chi connectivity index (χ2n) is 16.8. The fourth-order valence-electron chi connectivity index (χ4n) is 6.01. The van der Waals surface area contributed by atoms with Crippen molar-refractivity contribution in [2.24, 2.45) is 0 Å². The Morgan fingerprint density at radius 2 is 0.967 bits per heavy atom. The van der Waals surface area contributed by atoms with Crippen LogP contribution in [-0.4, -0.2) is 75.6 Å². The number of hydrogen-bond donors (Lipinski definition) is 1.